The van der Waals surface area contributed by atoms with Crippen LogP contribution in [0.1, 0.15) is 24.8 Å². The number of sulfone groups is 1. The molecular weight excluding hydrogens is 404 g/mol. The molecule has 1 saturated heterocycles. The maximum absolute atomic E-state index is 12.2. The van der Waals surface area contributed by atoms with Gasteiger partial charge in [-0.3, -0.25) is 4.72 Å². The van der Waals surface area contributed by atoms with E-state index in [1.54, 1.807) is 36.4 Å². The average Bonchev–Trinajstić information content (AvgIpc) is 2.60. The molecule has 0 spiro atoms. The SMILES string of the molecule is CS(=O)(=O)Nc1ccc(C=CCS(=O)(=O)CCC2CCN(C(=O)O)CC2)cc1. The van der Waals surface area contributed by atoms with Gasteiger partial charge in [0.05, 0.1) is 17.8 Å². The first kappa shape index (κ1) is 22.2. The van der Waals surface area contributed by atoms with Gasteiger partial charge in [-0.2, -0.15) is 0 Å². The smallest absolute Gasteiger partial charge is 0.407 e. The molecule has 0 aliphatic carbocycles. The number of hydrogen-bond acceptors (Lipinski definition) is 5. The first-order chi connectivity index (χ1) is 13.0. The lowest BCUT2D eigenvalue weighted by Gasteiger charge is -2.29. The molecule has 1 heterocycles. The molecule has 2 rings (SSSR count). The number of anilines is 1. The number of hydrogen-bond donors (Lipinski definition) is 2. The number of carbonyl (C=O) groups is 1. The predicted molar refractivity (Wildman–Crippen MR) is 110 cm³/mol. The normalized spacial score (nSPS) is 16.4. The highest BCUT2D eigenvalue weighted by Crippen LogP contribution is 2.21. The van der Waals surface area contributed by atoms with E-state index in [-0.39, 0.29) is 17.4 Å². The number of amides is 1. The molecule has 8 nitrogen and oxygen atoms in total. The Morgan fingerprint density at radius 3 is 2.32 bits per heavy atom. The van der Waals surface area contributed by atoms with Crippen LogP contribution >= 0.6 is 0 Å². The van der Waals surface area contributed by atoms with Crippen molar-refractivity contribution >= 4 is 37.7 Å². The van der Waals surface area contributed by atoms with Crippen LogP contribution in [0.5, 0.6) is 0 Å². The van der Waals surface area contributed by atoms with Crippen molar-refractivity contribution in [3.63, 3.8) is 0 Å². The molecule has 0 saturated carbocycles. The van der Waals surface area contributed by atoms with Crippen molar-refractivity contribution in [2.45, 2.75) is 19.3 Å². The maximum Gasteiger partial charge on any atom is 0.407 e. The number of nitrogens with zero attached hydrogens (tertiary/aromatic N) is 1. The summed E-state index contributed by atoms with van der Waals surface area (Å²) in [6.07, 6.45) is 5.37. The lowest BCUT2D eigenvalue weighted by atomic mass is 9.95. The molecule has 28 heavy (non-hydrogen) atoms. The van der Waals surface area contributed by atoms with E-state index < -0.39 is 26.0 Å². The van der Waals surface area contributed by atoms with Crippen molar-refractivity contribution in [3.8, 4) is 0 Å². The summed E-state index contributed by atoms with van der Waals surface area (Å²) in [5.41, 5.74) is 1.22. The first-order valence-electron chi connectivity index (χ1n) is 8.97. The van der Waals surface area contributed by atoms with Crippen molar-refractivity contribution in [2.24, 2.45) is 5.92 Å². The van der Waals surface area contributed by atoms with Crippen molar-refractivity contribution < 1.29 is 26.7 Å². The number of carboxylic acid groups (broad SMARTS) is 1. The Labute approximate surface area is 166 Å². The number of nitrogens with one attached hydrogen (secondary N) is 1. The number of rotatable bonds is 8. The van der Waals surface area contributed by atoms with Crippen LogP contribution in [0.4, 0.5) is 10.5 Å². The fraction of sp³-hybridized carbons (Fsp3) is 0.500. The van der Waals surface area contributed by atoms with Gasteiger partial charge in [-0.1, -0.05) is 24.3 Å². The summed E-state index contributed by atoms with van der Waals surface area (Å²) >= 11 is 0. The quantitative estimate of drug-likeness (QED) is 0.653. The van der Waals surface area contributed by atoms with Crippen molar-refractivity contribution in [1.29, 1.82) is 0 Å². The van der Waals surface area contributed by atoms with E-state index >= 15 is 0 Å². The van der Waals surface area contributed by atoms with E-state index in [2.05, 4.69) is 4.72 Å². The Hall–Kier alpha value is -2.07. The van der Waals surface area contributed by atoms with Crippen LogP contribution in [0.3, 0.4) is 0 Å². The molecule has 0 bridgehead atoms. The molecule has 156 valence electrons. The van der Waals surface area contributed by atoms with Gasteiger partial charge in [0.1, 0.15) is 0 Å². The second-order valence-corrected chi connectivity index (χ2v) is 11.0. The summed E-state index contributed by atoms with van der Waals surface area (Å²) in [6.45, 7) is 0.925. The van der Waals surface area contributed by atoms with Crippen molar-refractivity contribution in [3.05, 3.63) is 35.9 Å². The molecule has 2 N–H and O–H groups in total. The molecule has 1 amide bonds. The third-order valence-electron chi connectivity index (χ3n) is 4.60. The topological polar surface area (TPSA) is 121 Å². The minimum atomic E-state index is -3.33. The van der Waals surface area contributed by atoms with Gasteiger partial charge in [0, 0.05) is 18.8 Å². The molecule has 0 aromatic heterocycles. The van der Waals surface area contributed by atoms with Gasteiger partial charge in [0.15, 0.2) is 9.84 Å². The van der Waals surface area contributed by atoms with Crippen LogP contribution < -0.4 is 4.72 Å². The zero-order valence-corrected chi connectivity index (χ0v) is 17.4. The Bertz CT molecular complexity index is 900. The highest BCUT2D eigenvalue weighted by molar-refractivity contribution is 7.92. The number of likely N-dealkylation sites (tertiary alicyclic amines) is 1. The summed E-state index contributed by atoms with van der Waals surface area (Å²) in [7, 11) is -6.55. The molecule has 0 atom stereocenters. The van der Waals surface area contributed by atoms with E-state index in [1.807, 2.05) is 0 Å². The highest BCUT2D eigenvalue weighted by Gasteiger charge is 2.23. The Morgan fingerprint density at radius 1 is 1.18 bits per heavy atom. The zero-order chi connectivity index (χ0) is 20.8. The van der Waals surface area contributed by atoms with E-state index in [0.29, 0.717) is 38.0 Å². The molecule has 1 fully saturated rings. The molecular formula is C18H26N2O6S2. The zero-order valence-electron chi connectivity index (χ0n) is 15.7. The summed E-state index contributed by atoms with van der Waals surface area (Å²) in [6, 6.07) is 6.62. The predicted octanol–water partition coefficient (Wildman–Crippen LogP) is 2.27. The molecule has 10 heteroatoms. The second kappa shape index (κ2) is 9.42. The lowest BCUT2D eigenvalue weighted by Crippen LogP contribution is -2.37. The van der Waals surface area contributed by atoms with Crippen molar-refractivity contribution in [1.82, 2.24) is 4.90 Å². The van der Waals surface area contributed by atoms with Crippen LogP contribution in [-0.2, 0) is 19.9 Å². The summed E-state index contributed by atoms with van der Waals surface area (Å²) in [5, 5.41) is 8.93. The minimum absolute atomic E-state index is 0.0652. The first-order valence-corrected chi connectivity index (χ1v) is 12.7. The van der Waals surface area contributed by atoms with Crippen LogP contribution in [0, 0.1) is 5.92 Å². The minimum Gasteiger partial charge on any atom is -0.465 e. The molecule has 1 aliphatic heterocycles. The molecule has 0 radical (unpaired) electrons. The summed E-state index contributed by atoms with van der Waals surface area (Å²) < 4.78 is 49.1. The molecule has 0 unspecified atom stereocenters. The third-order valence-corrected chi connectivity index (χ3v) is 6.76. The Balaban J connectivity index is 1.79. The number of piperidine rings is 1. The van der Waals surface area contributed by atoms with Gasteiger partial charge in [-0.15, -0.1) is 0 Å². The van der Waals surface area contributed by atoms with Crippen LogP contribution in [0.15, 0.2) is 30.3 Å². The molecule has 1 aromatic carbocycles. The van der Waals surface area contributed by atoms with Crippen LogP contribution in [0.2, 0.25) is 0 Å². The van der Waals surface area contributed by atoms with E-state index in [1.165, 1.54) is 4.90 Å². The van der Waals surface area contributed by atoms with Crippen LogP contribution in [0.25, 0.3) is 6.08 Å². The third kappa shape index (κ3) is 7.89. The van der Waals surface area contributed by atoms with Crippen molar-refractivity contribution in [2.75, 3.05) is 35.6 Å². The fourth-order valence-electron chi connectivity index (χ4n) is 3.05. The van der Waals surface area contributed by atoms with Gasteiger partial charge in [-0.05, 0) is 42.9 Å². The monoisotopic (exact) mass is 430 g/mol. The largest absolute Gasteiger partial charge is 0.465 e. The Morgan fingerprint density at radius 2 is 1.79 bits per heavy atom. The summed E-state index contributed by atoms with van der Waals surface area (Å²) in [4.78, 5) is 12.3. The van der Waals surface area contributed by atoms with Gasteiger partial charge >= 0.3 is 6.09 Å². The van der Waals surface area contributed by atoms with Gasteiger partial charge in [0.2, 0.25) is 10.0 Å². The van der Waals surface area contributed by atoms with Gasteiger partial charge < -0.3 is 10.0 Å². The number of sulfonamides is 1. The second-order valence-electron chi connectivity index (χ2n) is 7.01. The van der Waals surface area contributed by atoms with Gasteiger partial charge in [-0.25, -0.2) is 21.6 Å². The molecule has 1 aromatic rings. The van der Waals surface area contributed by atoms with E-state index in [0.717, 1.165) is 11.8 Å². The standard InChI is InChI=1S/C18H26N2O6S2/c1-27(23,24)19-17-6-4-15(5-7-17)3-2-13-28(25,26)14-10-16-8-11-20(12-9-16)18(21)22/h2-7,16,19H,8-14H2,1H3,(H,21,22). The maximum atomic E-state index is 12.2. The fourth-order valence-corrected chi connectivity index (χ4v) is 4.86. The van der Waals surface area contributed by atoms with Crippen LogP contribution in [-0.4, -0.2) is 63.8 Å². The Kier molecular flexibility index (Phi) is 7.48. The lowest BCUT2D eigenvalue weighted by molar-refractivity contribution is 0.124. The summed E-state index contributed by atoms with van der Waals surface area (Å²) in [5.74, 6) is 0.264. The number of benzene rings is 1. The van der Waals surface area contributed by atoms with E-state index in [9.17, 15) is 21.6 Å². The average molecular weight is 431 g/mol. The highest BCUT2D eigenvalue weighted by atomic mass is 32.2. The van der Waals surface area contributed by atoms with E-state index in [4.69, 9.17) is 5.11 Å². The molecule has 1 aliphatic rings. The van der Waals surface area contributed by atoms with Gasteiger partial charge in [0.25, 0.3) is 0 Å².